The minimum atomic E-state index is -0.773. The van der Waals surface area contributed by atoms with Crippen molar-refractivity contribution in [2.24, 2.45) is 0 Å². The average molecular weight is 286 g/mol. The molecule has 0 saturated carbocycles. The Bertz CT molecular complexity index is 478. The predicted octanol–water partition coefficient (Wildman–Crippen LogP) is 3.42. The van der Waals surface area contributed by atoms with E-state index in [9.17, 15) is 4.79 Å². The molecule has 0 bridgehead atoms. The number of aliphatic carboxylic acids is 1. The van der Waals surface area contributed by atoms with Crippen LogP contribution in [0.5, 0.6) is 0 Å². The van der Waals surface area contributed by atoms with E-state index in [0.717, 1.165) is 27.7 Å². The summed E-state index contributed by atoms with van der Waals surface area (Å²) in [5.41, 5.74) is 2.13. The van der Waals surface area contributed by atoms with Gasteiger partial charge in [-0.25, -0.2) is 0 Å². The first-order valence-electron chi connectivity index (χ1n) is 5.91. The molecule has 1 atom stereocenters. The molecule has 18 heavy (non-hydrogen) atoms. The molecule has 1 heterocycles. The van der Waals surface area contributed by atoms with E-state index in [4.69, 9.17) is 16.7 Å². The summed E-state index contributed by atoms with van der Waals surface area (Å²) in [5.74, 6) is -0.773. The van der Waals surface area contributed by atoms with Gasteiger partial charge in [-0.05, 0) is 24.6 Å². The van der Waals surface area contributed by atoms with Crippen molar-refractivity contribution in [1.29, 1.82) is 0 Å². The number of rotatable bonds is 3. The Morgan fingerprint density at radius 3 is 3.00 bits per heavy atom. The van der Waals surface area contributed by atoms with Crippen LogP contribution in [0.2, 0.25) is 5.02 Å². The molecule has 0 aromatic heterocycles. The second kappa shape index (κ2) is 5.41. The van der Waals surface area contributed by atoms with Gasteiger partial charge >= 0.3 is 5.97 Å². The highest BCUT2D eigenvalue weighted by molar-refractivity contribution is 8.00. The van der Waals surface area contributed by atoms with Gasteiger partial charge in [0, 0.05) is 23.2 Å². The summed E-state index contributed by atoms with van der Waals surface area (Å²) < 4.78 is 0. The average Bonchev–Trinajstić information content (AvgIpc) is 2.24. The van der Waals surface area contributed by atoms with Crippen molar-refractivity contribution in [2.45, 2.75) is 30.4 Å². The van der Waals surface area contributed by atoms with Crippen molar-refractivity contribution in [2.75, 3.05) is 18.0 Å². The van der Waals surface area contributed by atoms with Gasteiger partial charge in [-0.2, -0.15) is 0 Å². The maximum Gasteiger partial charge on any atom is 0.305 e. The van der Waals surface area contributed by atoms with Crippen LogP contribution in [0.1, 0.15) is 18.9 Å². The minimum absolute atomic E-state index is 0.140. The molecule has 5 heteroatoms. The number of fused-ring (bicyclic) bond motifs is 1. The van der Waals surface area contributed by atoms with E-state index in [2.05, 4.69) is 17.9 Å². The lowest BCUT2D eigenvalue weighted by atomic mass is 10.2. The Morgan fingerprint density at radius 2 is 2.33 bits per heavy atom. The van der Waals surface area contributed by atoms with Crippen LogP contribution in [0.25, 0.3) is 0 Å². The van der Waals surface area contributed by atoms with E-state index < -0.39 is 5.97 Å². The van der Waals surface area contributed by atoms with Crippen molar-refractivity contribution >= 4 is 35.0 Å². The maximum absolute atomic E-state index is 10.7. The number of carboxylic acids is 1. The van der Waals surface area contributed by atoms with Crippen LogP contribution in [-0.4, -0.2) is 29.4 Å². The Balaban J connectivity index is 2.32. The van der Waals surface area contributed by atoms with Crippen LogP contribution in [0.3, 0.4) is 0 Å². The molecule has 0 radical (unpaired) electrons. The van der Waals surface area contributed by atoms with Gasteiger partial charge in [-0.3, -0.25) is 4.79 Å². The van der Waals surface area contributed by atoms with Crippen molar-refractivity contribution in [3.05, 3.63) is 22.7 Å². The molecule has 0 fully saturated rings. The van der Waals surface area contributed by atoms with Crippen molar-refractivity contribution in [3.8, 4) is 0 Å². The van der Waals surface area contributed by atoms with Crippen LogP contribution in [-0.2, 0) is 4.79 Å². The second-order valence-electron chi connectivity index (χ2n) is 4.61. The number of thioether (sulfide) groups is 1. The van der Waals surface area contributed by atoms with Crippen molar-refractivity contribution in [1.82, 2.24) is 0 Å². The number of aryl methyl sites for hydroxylation is 1. The van der Waals surface area contributed by atoms with Crippen LogP contribution in [0.4, 0.5) is 5.69 Å². The van der Waals surface area contributed by atoms with E-state index in [1.807, 2.05) is 13.0 Å². The van der Waals surface area contributed by atoms with Gasteiger partial charge in [0.05, 0.1) is 17.1 Å². The summed E-state index contributed by atoms with van der Waals surface area (Å²) in [7, 11) is 0. The van der Waals surface area contributed by atoms with Crippen LogP contribution < -0.4 is 4.90 Å². The molecule has 0 spiro atoms. The number of carbonyl (C=O) groups is 1. The largest absolute Gasteiger partial charge is 0.481 e. The lowest BCUT2D eigenvalue weighted by molar-refractivity contribution is -0.136. The summed E-state index contributed by atoms with van der Waals surface area (Å²) in [6.45, 7) is 5.52. The molecule has 1 N–H and O–H groups in total. The first kappa shape index (κ1) is 13.6. The first-order valence-corrected chi connectivity index (χ1v) is 7.16. The molecule has 0 aliphatic carbocycles. The van der Waals surface area contributed by atoms with E-state index in [1.165, 1.54) is 0 Å². The van der Waals surface area contributed by atoms with Gasteiger partial charge in [0.1, 0.15) is 0 Å². The number of hydrogen-bond acceptors (Lipinski definition) is 3. The lowest BCUT2D eigenvalue weighted by Crippen LogP contribution is -2.35. The third kappa shape index (κ3) is 2.93. The van der Waals surface area contributed by atoms with Crippen LogP contribution in [0, 0.1) is 6.92 Å². The zero-order chi connectivity index (χ0) is 13.3. The van der Waals surface area contributed by atoms with Gasteiger partial charge in [0.25, 0.3) is 0 Å². The van der Waals surface area contributed by atoms with Crippen LogP contribution in [0.15, 0.2) is 17.0 Å². The molecular weight excluding hydrogens is 270 g/mol. The van der Waals surface area contributed by atoms with Crippen LogP contribution >= 0.6 is 23.4 Å². The Labute approximate surface area is 116 Å². The fourth-order valence-corrected chi connectivity index (χ4v) is 3.93. The van der Waals surface area contributed by atoms with Gasteiger partial charge < -0.3 is 10.0 Å². The molecule has 1 aromatic carbocycles. The normalized spacial score (nSPS) is 18.6. The monoisotopic (exact) mass is 285 g/mol. The summed E-state index contributed by atoms with van der Waals surface area (Å²) in [5, 5.41) is 9.97. The zero-order valence-electron chi connectivity index (χ0n) is 10.4. The highest BCUT2D eigenvalue weighted by Crippen LogP contribution is 2.43. The third-order valence-corrected chi connectivity index (χ3v) is 4.29. The van der Waals surface area contributed by atoms with E-state index >= 15 is 0 Å². The van der Waals surface area contributed by atoms with Gasteiger partial charge in [0.2, 0.25) is 0 Å². The number of carboxylic acid groups (broad SMARTS) is 1. The predicted molar refractivity (Wildman–Crippen MR) is 76.0 cm³/mol. The number of nitrogens with zero attached hydrogens (tertiary/aromatic N) is 1. The molecule has 1 unspecified atom stereocenters. The molecule has 1 aromatic rings. The van der Waals surface area contributed by atoms with Crippen molar-refractivity contribution in [3.63, 3.8) is 0 Å². The quantitative estimate of drug-likeness (QED) is 0.924. The molecular formula is C13H16ClNO2S. The molecule has 1 aliphatic rings. The topological polar surface area (TPSA) is 40.5 Å². The number of anilines is 1. The Hall–Kier alpha value is -0.870. The molecule has 3 nitrogen and oxygen atoms in total. The van der Waals surface area contributed by atoms with Gasteiger partial charge in [0.15, 0.2) is 0 Å². The summed E-state index contributed by atoms with van der Waals surface area (Å²) in [6, 6.07) is 4.06. The molecule has 1 aliphatic heterocycles. The van der Waals surface area contributed by atoms with Crippen molar-refractivity contribution < 1.29 is 9.90 Å². The highest BCUT2D eigenvalue weighted by atomic mass is 35.5. The van der Waals surface area contributed by atoms with E-state index in [1.54, 1.807) is 11.8 Å². The summed E-state index contributed by atoms with van der Waals surface area (Å²) >= 11 is 8.11. The number of hydrogen-bond donors (Lipinski definition) is 1. The number of halogens is 1. The molecule has 2 rings (SSSR count). The van der Waals surface area contributed by atoms with E-state index in [-0.39, 0.29) is 6.42 Å². The highest BCUT2D eigenvalue weighted by Gasteiger charge is 2.25. The second-order valence-corrected chi connectivity index (χ2v) is 6.50. The van der Waals surface area contributed by atoms with E-state index in [0.29, 0.717) is 11.8 Å². The molecule has 0 saturated heterocycles. The third-order valence-electron chi connectivity index (χ3n) is 2.89. The lowest BCUT2D eigenvalue weighted by Gasteiger charge is -2.35. The standard InChI is InChI=1S/C13H16ClNO2S/c1-8-5-10(14)13-11(6-8)18-9(2)7-15(13)4-3-12(16)17/h5-6,9H,3-4,7H2,1-2H3,(H,16,17). The van der Waals surface area contributed by atoms with Gasteiger partial charge in [-0.15, -0.1) is 11.8 Å². The summed E-state index contributed by atoms with van der Waals surface area (Å²) in [4.78, 5) is 14.0. The SMILES string of the molecule is Cc1cc(Cl)c2c(c1)SC(C)CN2CCC(=O)O. The smallest absolute Gasteiger partial charge is 0.305 e. The maximum atomic E-state index is 10.7. The first-order chi connectivity index (χ1) is 8.47. The fourth-order valence-electron chi connectivity index (χ4n) is 2.19. The molecule has 98 valence electrons. The Morgan fingerprint density at radius 1 is 1.61 bits per heavy atom. The van der Waals surface area contributed by atoms with Gasteiger partial charge in [-0.1, -0.05) is 18.5 Å². The fraction of sp³-hybridized carbons (Fsp3) is 0.462. The molecule has 0 amide bonds. The zero-order valence-corrected chi connectivity index (χ0v) is 12.0. The number of benzene rings is 1. The minimum Gasteiger partial charge on any atom is -0.481 e. The summed E-state index contributed by atoms with van der Waals surface area (Å²) in [6.07, 6.45) is 0.140. The Kier molecular flexibility index (Phi) is 4.07.